The molecule has 0 heterocycles. The summed E-state index contributed by atoms with van der Waals surface area (Å²) < 4.78 is 31.7. The van der Waals surface area contributed by atoms with E-state index >= 15 is 0 Å². The van der Waals surface area contributed by atoms with Crippen LogP contribution < -0.4 is 9.47 Å². The molecule has 0 saturated heterocycles. The maximum Gasteiger partial charge on any atom is 0.265 e. The van der Waals surface area contributed by atoms with E-state index in [-0.39, 0.29) is 10.6 Å². The maximum atomic E-state index is 11.0. The van der Waals surface area contributed by atoms with Crippen LogP contribution in [0.1, 0.15) is 0 Å². The van der Waals surface area contributed by atoms with Gasteiger partial charge in [-0.25, -0.2) is 8.42 Å². The van der Waals surface area contributed by atoms with Crippen molar-refractivity contribution >= 4 is 19.7 Å². The van der Waals surface area contributed by atoms with E-state index in [1.165, 1.54) is 26.4 Å². The van der Waals surface area contributed by atoms with Gasteiger partial charge in [-0.05, 0) is 12.1 Å². The van der Waals surface area contributed by atoms with E-state index in [4.69, 9.17) is 20.2 Å². The molecule has 1 aromatic carbocycles. The van der Waals surface area contributed by atoms with Gasteiger partial charge in [0.25, 0.3) is 9.05 Å². The summed E-state index contributed by atoms with van der Waals surface area (Å²) in [5.41, 5.74) is 0. The highest BCUT2D eigenvalue weighted by molar-refractivity contribution is 8.13. The molecule has 0 aliphatic rings. The molecule has 1 aromatic rings. The Morgan fingerprint density at radius 1 is 1.29 bits per heavy atom. The van der Waals surface area contributed by atoms with Gasteiger partial charge < -0.3 is 9.47 Å². The molecule has 14 heavy (non-hydrogen) atoms. The summed E-state index contributed by atoms with van der Waals surface area (Å²) >= 11 is 0. The summed E-state index contributed by atoms with van der Waals surface area (Å²) in [4.78, 5) is -0.123. The smallest absolute Gasteiger partial charge is 0.265 e. The fourth-order valence-electron chi connectivity index (χ4n) is 0.905. The van der Waals surface area contributed by atoms with Gasteiger partial charge in [-0.3, -0.25) is 0 Å². The van der Waals surface area contributed by atoms with Crippen molar-refractivity contribution in [2.24, 2.45) is 0 Å². The summed E-state index contributed by atoms with van der Waals surface area (Å²) in [7, 11) is 4.13. The Kier molecular flexibility index (Phi) is 3.23. The molecular weight excluding hydrogens is 228 g/mol. The standard InChI is InChI=1S/C8H8ClO4S/c1-12-6-3-4-8(14(9,10)11)7(5-6)13-2/h3-4H,1-2H3. The van der Waals surface area contributed by atoms with Gasteiger partial charge in [0, 0.05) is 10.7 Å². The van der Waals surface area contributed by atoms with Crippen LogP contribution in [0.5, 0.6) is 11.5 Å². The van der Waals surface area contributed by atoms with Crippen molar-refractivity contribution in [1.29, 1.82) is 0 Å². The zero-order valence-electron chi connectivity index (χ0n) is 7.57. The minimum absolute atomic E-state index is 0.0411. The van der Waals surface area contributed by atoms with Crippen LogP contribution >= 0.6 is 10.7 Å². The maximum absolute atomic E-state index is 11.0. The van der Waals surface area contributed by atoms with Crippen molar-refractivity contribution in [2.45, 2.75) is 4.90 Å². The zero-order chi connectivity index (χ0) is 10.8. The largest absolute Gasteiger partial charge is 0.496 e. The quantitative estimate of drug-likeness (QED) is 0.744. The fourth-order valence-corrected chi connectivity index (χ4v) is 1.86. The monoisotopic (exact) mass is 235 g/mol. The highest BCUT2D eigenvalue weighted by Crippen LogP contribution is 2.29. The molecule has 6 heteroatoms. The molecule has 0 fully saturated rings. The number of hydrogen-bond acceptors (Lipinski definition) is 4. The van der Waals surface area contributed by atoms with Crippen LogP contribution in [0.4, 0.5) is 0 Å². The Morgan fingerprint density at radius 3 is 2.36 bits per heavy atom. The second-order valence-corrected chi connectivity index (χ2v) is 4.90. The Labute approximate surface area is 86.8 Å². The van der Waals surface area contributed by atoms with Crippen molar-refractivity contribution in [2.75, 3.05) is 14.2 Å². The van der Waals surface area contributed by atoms with Gasteiger partial charge in [0.1, 0.15) is 10.6 Å². The topological polar surface area (TPSA) is 52.6 Å². The third kappa shape index (κ3) is 2.30. The second-order valence-electron chi connectivity index (χ2n) is 2.36. The normalized spacial score (nSPS) is 11.1. The molecule has 0 N–H and O–H groups in total. The van der Waals surface area contributed by atoms with Crippen LogP contribution in [0.25, 0.3) is 0 Å². The van der Waals surface area contributed by atoms with E-state index < -0.39 is 9.05 Å². The number of hydrogen-bond donors (Lipinski definition) is 0. The summed E-state index contributed by atoms with van der Waals surface area (Å²) in [5.74, 6) is 0.422. The molecule has 0 atom stereocenters. The first-order valence-corrected chi connectivity index (χ1v) is 5.89. The van der Waals surface area contributed by atoms with Gasteiger partial charge in [-0.15, -0.1) is 0 Å². The number of ether oxygens (including phenoxy) is 2. The van der Waals surface area contributed by atoms with Gasteiger partial charge in [0.2, 0.25) is 0 Å². The molecule has 0 saturated carbocycles. The van der Waals surface area contributed by atoms with Crippen molar-refractivity contribution in [3.05, 3.63) is 18.2 Å². The number of benzene rings is 1. The molecule has 1 rings (SSSR count). The van der Waals surface area contributed by atoms with Crippen molar-refractivity contribution in [1.82, 2.24) is 0 Å². The van der Waals surface area contributed by atoms with Gasteiger partial charge in [0.05, 0.1) is 20.3 Å². The first-order valence-electron chi connectivity index (χ1n) is 3.58. The first kappa shape index (κ1) is 11.1. The fraction of sp³-hybridized carbons (Fsp3) is 0.250. The van der Waals surface area contributed by atoms with Gasteiger partial charge in [0.15, 0.2) is 5.75 Å². The molecule has 4 nitrogen and oxygen atoms in total. The summed E-state index contributed by atoms with van der Waals surface area (Å²) in [6.45, 7) is 0. The molecule has 0 spiro atoms. The van der Waals surface area contributed by atoms with Gasteiger partial charge in [-0.2, -0.15) is 0 Å². The highest BCUT2D eigenvalue weighted by atomic mass is 35.7. The predicted molar refractivity (Wildman–Crippen MR) is 51.4 cm³/mol. The molecule has 0 bridgehead atoms. The predicted octanol–water partition coefficient (Wildman–Crippen LogP) is 1.43. The lowest BCUT2D eigenvalue weighted by Gasteiger charge is -2.06. The van der Waals surface area contributed by atoms with E-state index in [1.807, 2.05) is 0 Å². The van der Waals surface area contributed by atoms with E-state index in [1.54, 1.807) is 0 Å². The highest BCUT2D eigenvalue weighted by Gasteiger charge is 2.17. The summed E-state index contributed by atoms with van der Waals surface area (Å²) in [6, 6.07) is 5.36. The average molecular weight is 236 g/mol. The molecule has 0 amide bonds. The summed E-state index contributed by atoms with van der Waals surface area (Å²) in [5, 5.41) is 0. The molecular formula is C8H8ClO4S. The summed E-state index contributed by atoms with van der Waals surface area (Å²) in [6.07, 6.45) is 0. The third-order valence-corrected chi connectivity index (χ3v) is 2.88. The third-order valence-electron chi connectivity index (χ3n) is 1.53. The van der Waals surface area contributed by atoms with E-state index in [0.29, 0.717) is 5.75 Å². The lowest BCUT2D eigenvalue weighted by Crippen LogP contribution is -1.97. The Balaban J connectivity index is 3.33. The molecule has 77 valence electrons. The van der Waals surface area contributed by atoms with Crippen molar-refractivity contribution in [3.8, 4) is 11.5 Å². The second kappa shape index (κ2) is 4.06. The SMILES string of the molecule is COc1[c]c(OC)c(S(=O)(=O)Cl)cc1. The molecule has 0 aliphatic carbocycles. The average Bonchev–Trinajstić information content (AvgIpc) is 2.15. The van der Waals surface area contributed by atoms with E-state index in [0.717, 1.165) is 0 Å². The Bertz CT molecular complexity index is 427. The van der Waals surface area contributed by atoms with Crippen LogP contribution in [0.3, 0.4) is 0 Å². The van der Waals surface area contributed by atoms with Crippen LogP contribution in [0, 0.1) is 6.07 Å². The molecule has 0 unspecified atom stereocenters. The van der Waals surface area contributed by atoms with E-state index in [2.05, 4.69) is 6.07 Å². The van der Waals surface area contributed by atoms with Crippen LogP contribution in [-0.4, -0.2) is 22.6 Å². The van der Waals surface area contributed by atoms with Crippen LogP contribution in [-0.2, 0) is 9.05 Å². The van der Waals surface area contributed by atoms with Crippen LogP contribution in [0.2, 0.25) is 0 Å². The van der Waals surface area contributed by atoms with Gasteiger partial charge >= 0.3 is 0 Å². The number of halogens is 1. The van der Waals surface area contributed by atoms with Gasteiger partial charge in [-0.1, -0.05) is 0 Å². The zero-order valence-corrected chi connectivity index (χ0v) is 9.15. The lowest BCUT2D eigenvalue weighted by atomic mass is 10.3. The minimum atomic E-state index is -3.81. The van der Waals surface area contributed by atoms with Crippen molar-refractivity contribution < 1.29 is 17.9 Å². The van der Waals surface area contributed by atoms with Crippen molar-refractivity contribution in [3.63, 3.8) is 0 Å². The molecule has 0 aliphatic heterocycles. The van der Waals surface area contributed by atoms with Crippen LogP contribution in [0.15, 0.2) is 17.0 Å². The lowest BCUT2D eigenvalue weighted by molar-refractivity contribution is 0.385. The number of methoxy groups -OCH3 is 2. The minimum Gasteiger partial charge on any atom is -0.496 e. The Morgan fingerprint density at radius 2 is 1.93 bits per heavy atom. The molecule has 1 radical (unpaired) electrons. The first-order chi connectivity index (χ1) is 6.49. The molecule has 0 aromatic heterocycles. The van der Waals surface area contributed by atoms with E-state index in [9.17, 15) is 8.42 Å². The number of rotatable bonds is 3. The Hall–Kier alpha value is -0.940.